The molecule has 0 saturated heterocycles. The molecule has 0 radical (unpaired) electrons. The third-order valence-electron chi connectivity index (χ3n) is 11.3. The van der Waals surface area contributed by atoms with Crippen LogP contribution in [0.15, 0.2) is 136 Å². The number of phenolic OH excluding ortho intramolecular Hbond substituents is 1. The quantitative estimate of drug-likeness (QED) is 0.187. The van der Waals surface area contributed by atoms with Gasteiger partial charge in [0.2, 0.25) is 5.89 Å². The van der Waals surface area contributed by atoms with Gasteiger partial charge in [-0.05, 0) is 93.6 Å². The van der Waals surface area contributed by atoms with E-state index < -0.39 is 0 Å². The van der Waals surface area contributed by atoms with Crippen molar-refractivity contribution >= 4 is 33.0 Å². The van der Waals surface area contributed by atoms with Crippen LogP contribution in [0.3, 0.4) is 0 Å². The average Bonchev–Trinajstić information content (AvgIpc) is 3.82. The number of phenols is 1. The summed E-state index contributed by atoms with van der Waals surface area (Å²) < 4.78 is 13.1. The third-order valence-corrected chi connectivity index (χ3v) is 11.3. The van der Waals surface area contributed by atoms with Gasteiger partial charge in [0.1, 0.15) is 22.4 Å². The first-order valence-corrected chi connectivity index (χ1v) is 20.3. The first-order chi connectivity index (χ1) is 28.0. The Morgan fingerprint density at radius 2 is 1.14 bits per heavy atom. The van der Waals surface area contributed by atoms with Crippen LogP contribution < -0.4 is 0 Å². The van der Waals surface area contributed by atoms with E-state index in [1.807, 2.05) is 66.9 Å². The molecule has 1 N–H and O–H groups in total. The van der Waals surface area contributed by atoms with Crippen molar-refractivity contribution in [2.24, 2.45) is 0 Å². The summed E-state index contributed by atoms with van der Waals surface area (Å²) in [6.45, 7) is 19.7. The molecule has 9 aromatic rings. The Kier molecular flexibility index (Phi) is 8.89. The second-order valence-electron chi connectivity index (χ2n) is 18.8. The molecule has 4 aromatic heterocycles. The summed E-state index contributed by atoms with van der Waals surface area (Å²) in [6, 6.07) is 41.2. The van der Waals surface area contributed by atoms with Gasteiger partial charge in [-0.1, -0.05) is 123 Å². The van der Waals surface area contributed by atoms with Crippen LogP contribution >= 0.6 is 0 Å². The fraction of sp³-hybridized carbons (Fsp3) is 0.226. The van der Waals surface area contributed by atoms with Gasteiger partial charge in [-0.15, -0.1) is 0 Å². The zero-order valence-electron chi connectivity index (χ0n) is 35.2. The van der Waals surface area contributed by atoms with Gasteiger partial charge in [-0.3, -0.25) is 4.98 Å². The minimum atomic E-state index is -0.289. The van der Waals surface area contributed by atoms with E-state index in [4.69, 9.17) is 23.8 Å². The standard InChI is InChI=1S/C53H49N3O3/c1-51(2,3)35-26-37(48(57)40(27-35)53(7,8)9)43-29-36(52(4,5)6)28-42(55-43)34-24-38(41-21-20-33(30-54-41)31-16-12-10-13-17-31)49-39(25-34)46-44(58-49)22-23-45-47(46)56-50(59-45)32-18-14-11-15-19-32/h10-30,57H,1-9H3. The molecule has 0 saturated carbocycles. The lowest BCUT2D eigenvalue weighted by atomic mass is 9.78. The molecule has 4 heterocycles. The minimum Gasteiger partial charge on any atom is -0.507 e. The maximum absolute atomic E-state index is 12.1. The van der Waals surface area contributed by atoms with Crippen molar-refractivity contribution in [2.45, 2.75) is 78.6 Å². The van der Waals surface area contributed by atoms with E-state index in [-0.39, 0.29) is 22.0 Å². The van der Waals surface area contributed by atoms with Crippen LogP contribution in [0.25, 0.3) is 89.4 Å². The number of hydrogen-bond donors (Lipinski definition) is 1. The molecule has 0 aliphatic carbocycles. The van der Waals surface area contributed by atoms with Gasteiger partial charge >= 0.3 is 0 Å². The van der Waals surface area contributed by atoms with Crippen molar-refractivity contribution in [1.82, 2.24) is 15.0 Å². The van der Waals surface area contributed by atoms with E-state index in [0.717, 1.165) is 83.4 Å². The number of aromatic nitrogens is 3. The number of oxazole rings is 1. The van der Waals surface area contributed by atoms with Gasteiger partial charge in [-0.2, -0.15) is 0 Å². The monoisotopic (exact) mass is 775 g/mol. The number of pyridine rings is 2. The summed E-state index contributed by atoms with van der Waals surface area (Å²) in [6.07, 6.45) is 1.92. The number of hydrogen-bond acceptors (Lipinski definition) is 6. The van der Waals surface area contributed by atoms with Crippen molar-refractivity contribution in [3.8, 4) is 62.1 Å². The molecule has 59 heavy (non-hydrogen) atoms. The molecule has 5 aromatic carbocycles. The van der Waals surface area contributed by atoms with E-state index in [0.29, 0.717) is 22.6 Å². The number of fused-ring (bicyclic) bond motifs is 5. The molecule has 0 spiro atoms. The van der Waals surface area contributed by atoms with Gasteiger partial charge in [0, 0.05) is 45.0 Å². The maximum Gasteiger partial charge on any atom is 0.227 e. The fourth-order valence-corrected chi connectivity index (χ4v) is 7.84. The number of aromatic hydroxyl groups is 1. The van der Waals surface area contributed by atoms with E-state index in [2.05, 4.69) is 123 Å². The van der Waals surface area contributed by atoms with Crippen LogP contribution in [0.4, 0.5) is 0 Å². The predicted octanol–water partition coefficient (Wildman–Crippen LogP) is 14.5. The molecule has 9 rings (SSSR count). The summed E-state index contributed by atoms with van der Waals surface area (Å²) >= 11 is 0. The fourth-order valence-electron chi connectivity index (χ4n) is 7.84. The number of furan rings is 1. The van der Waals surface area contributed by atoms with Gasteiger partial charge < -0.3 is 13.9 Å². The Labute approximate surface area is 345 Å². The van der Waals surface area contributed by atoms with Crippen molar-refractivity contribution in [3.05, 3.63) is 144 Å². The van der Waals surface area contributed by atoms with Gasteiger partial charge in [0.15, 0.2) is 5.58 Å². The van der Waals surface area contributed by atoms with E-state index in [1.165, 1.54) is 0 Å². The third kappa shape index (κ3) is 6.97. The normalized spacial score (nSPS) is 12.6. The Morgan fingerprint density at radius 3 is 1.78 bits per heavy atom. The van der Waals surface area contributed by atoms with E-state index in [9.17, 15) is 5.11 Å². The first-order valence-electron chi connectivity index (χ1n) is 20.3. The summed E-state index contributed by atoms with van der Waals surface area (Å²) in [4.78, 5) is 15.5. The Morgan fingerprint density at radius 1 is 0.492 bits per heavy atom. The highest BCUT2D eigenvalue weighted by molar-refractivity contribution is 6.19. The zero-order chi connectivity index (χ0) is 41.4. The van der Waals surface area contributed by atoms with Crippen molar-refractivity contribution in [3.63, 3.8) is 0 Å². The summed E-state index contributed by atoms with van der Waals surface area (Å²) in [5.74, 6) is 0.811. The molecule has 0 bridgehead atoms. The van der Waals surface area contributed by atoms with Crippen LogP contribution in [-0.2, 0) is 16.2 Å². The summed E-state index contributed by atoms with van der Waals surface area (Å²) in [7, 11) is 0. The highest BCUT2D eigenvalue weighted by Gasteiger charge is 2.28. The lowest BCUT2D eigenvalue weighted by molar-refractivity contribution is 0.446. The number of nitrogens with zero attached hydrogens (tertiary/aromatic N) is 3. The Hall–Kier alpha value is -6.53. The van der Waals surface area contributed by atoms with Gasteiger partial charge in [-0.25, -0.2) is 9.97 Å². The lowest BCUT2D eigenvalue weighted by Gasteiger charge is -2.28. The van der Waals surface area contributed by atoms with Crippen LogP contribution in [0.5, 0.6) is 5.75 Å². The van der Waals surface area contributed by atoms with Crippen LogP contribution in [0, 0.1) is 0 Å². The molecule has 0 unspecified atom stereocenters. The molecule has 0 fully saturated rings. The second-order valence-corrected chi connectivity index (χ2v) is 18.8. The second kappa shape index (κ2) is 13.8. The number of rotatable bonds is 5. The van der Waals surface area contributed by atoms with Crippen molar-refractivity contribution in [2.75, 3.05) is 0 Å². The Bertz CT molecular complexity index is 3030. The van der Waals surface area contributed by atoms with Gasteiger partial charge in [0.05, 0.1) is 22.5 Å². The molecular formula is C53H49N3O3. The smallest absolute Gasteiger partial charge is 0.227 e. The van der Waals surface area contributed by atoms with Crippen LogP contribution in [-0.4, -0.2) is 20.1 Å². The SMILES string of the molecule is CC(C)(C)c1cc(-c2cc(-c3ccc(-c4ccccc4)cn3)c3oc4ccc5oc(-c6ccccc6)nc5c4c3c2)nc(-c2cc(C(C)(C)C)cc(C(C)(C)C)c2O)c1. The highest BCUT2D eigenvalue weighted by Crippen LogP contribution is 2.45. The molecule has 0 aliphatic rings. The average molecular weight is 776 g/mol. The molecule has 6 heteroatoms. The summed E-state index contributed by atoms with van der Waals surface area (Å²) in [5.41, 5.74) is 13.1. The first kappa shape index (κ1) is 38.0. The molecule has 0 amide bonds. The molecule has 6 nitrogen and oxygen atoms in total. The van der Waals surface area contributed by atoms with E-state index >= 15 is 0 Å². The zero-order valence-corrected chi connectivity index (χ0v) is 35.2. The molecular weight excluding hydrogens is 727 g/mol. The molecule has 0 aliphatic heterocycles. The molecule has 0 atom stereocenters. The van der Waals surface area contributed by atoms with Crippen molar-refractivity contribution in [1.29, 1.82) is 0 Å². The Balaban J connectivity index is 1.32. The maximum atomic E-state index is 12.1. The van der Waals surface area contributed by atoms with Gasteiger partial charge in [0.25, 0.3) is 0 Å². The largest absolute Gasteiger partial charge is 0.507 e. The number of benzene rings is 5. The summed E-state index contributed by atoms with van der Waals surface area (Å²) in [5, 5.41) is 13.8. The van der Waals surface area contributed by atoms with Crippen LogP contribution in [0.2, 0.25) is 0 Å². The minimum absolute atomic E-state index is 0.148. The molecule has 294 valence electrons. The van der Waals surface area contributed by atoms with Crippen LogP contribution in [0.1, 0.15) is 79.0 Å². The lowest BCUT2D eigenvalue weighted by Crippen LogP contribution is -2.17. The topological polar surface area (TPSA) is 85.2 Å². The van der Waals surface area contributed by atoms with Crippen molar-refractivity contribution < 1.29 is 13.9 Å². The highest BCUT2D eigenvalue weighted by atomic mass is 16.4. The predicted molar refractivity (Wildman–Crippen MR) is 242 cm³/mol. The van der Waals surface area contributed by atoms with E-state index in [1.54, 1.807) is 0 Å².